The Bertz CT molecular complexity index is 948. The Labute approximate surface area is 172 Å². The molecule has 1 aliphatic carbocycles. The van der Waals surface area contributed by atoms with E-state index in [2.05, 4.69) is 10.2 Å². The van der Waals surface area contributed by atoms with Gasteiger partial charge in [0.05, 0.1) is 17.7 Å². The van der Waals surface area contributed by atoms with Gasteiger partial charge in [0.2, 0.25) is 10.0 Å². The summed E-state index contributed by atoms with van der Waals surface area (Å²) in [5, 5.41) is 8.66. The second-order valence-electron chi connectivity index (χ2n) is 8.11. The fourth-order valence-electron chi connectivity index (χ4n) is 4.17. The molecule has 0 radical (unpaired) electrons. The Morgan fingerprint density at radius 2 is 2.00 bits per heavy atom. The second-order valence-corrected chi connectivity index (χ2v) is 9.67. The predicted molar refractivity (Wildman–Crippen MR) is 112 cm³/mol. The lowest BCUT2D eigenvalue weighted by Gasteiger charge is -2.38. The molecule has 29 heavy (non-hydrogen) atoms. The van der Waals surface area contributed by atoms with Crippen molar-refractivity contribution < 1.29 is 12.8 Å². The molecule has 0 unspecified atom stereocenters. The number of nitrogens with one attached hydrogen (secondary N) is 1. The van der Waals surface area contributed by atoms with E-state index in [-0.39, 0.29) is 4.90 Å². The molecule has 0 atom stereocenters. The highest BCUT2D eigenvalue weighted by Crippen LogP contribution is 2.47. The van der Waals surface area contributed by atoms with E-state index < -0.39 is 10.0 Å². The molecule has 0 amide bonds. The standard InChI is InChI=1S/C21H28N4O3S/c22-29(26,27)19-6-4-17(5-7-19)15-24-20(23-12-8-18-3-1-14-28-18)25-13-11-21(16-25)9-2-10-21/h1,3-7,14H,2,8-13,15-16H2,(H,23,24)(H2,22,26,27). The van der Waals surface area contributed by atoms with Crippen LogP contribution in [0.1, 0.15) is 37.0 Å². The van der Waals surface area contributed by atoms with Crippen molar-refractivity contribution in [3.05, 3.63) is 54.0 Å². The Balaban J connectivity index is 1.43. The Morgan fingerprint density at radius 1 is 1.21 bits per heavy atom. The quantitative estimate of drug-likeness (QED) is 0.557. The van der Waals surface area contributed by atoms with Crippen molar-refractivity contribution in [3.8, 4) is 0 Å². The third kappa shape index (κ3) is 4.82. The lowest BCUT2D eigenvalue weighted by molar-refractivity contribution is 0.151. The van der Waals surface area contributed by atoms with Crippen molar-refractivity contribution in [3.63, 3.8) is 0 Å². The Kier molecular flexibility index (Phi) is 5.65. The molecular weight excluding hydrogens is 388 g/mol. The summed E-state index contributed by atoms with van der Waals surface area (Å²) >= 11 is 0. The van der Waals surface area contributed by atoms with Gasteiger partial charge in [-0.05, 0) is 54.5 Å². The van der Waals surface area contributed by atoms with Gasteiger partial charge in [-0.1, -0.05) is 18.6 Å². The first-order chi connectivity index (χ1) is 13.9. The monoisotopic (exact) mass is 416 g/mol. The number of rotatable bonds is 6. The van der Waals surface area contributed by atoms with Crippen molar-refractivity contribution in [1.82, 2.24) is 10.2 Å². The number of hydrogen-bond acceptors (Lipinski definition) is 4. The van der Waals surface area contributed by atoms with Crippen molar-refractivity contribution in [1.29, 1.82) is 0 Å². The average Bonchev–Trinajstić information content (AvgIpc) is 3.34. The fourth-order valence-corrected chi connectivity index (χ4v) is 4.69. The molecule has 1 spiro atoms. The van der Waals surface area contributed by atoms with Gasteiger partial charge in [0.15, 0.2) is 5.96 Å². The van der Waals surface area contributed by atoms with E-state index in [9.17, 15) is 8.42 Å². The topological polar surface area (TPSA) is 101 Å². The van der Waals surface area contributed by atoms with Gasteiger partial charge in [0.1, 0.15) is 5.76 Å². The smallest absolute Gasteiger partial charge is 0.238 e. The van der Waals surface area contributed by atoms with E-state index in [0.717, 1.165) is 43.3 Å². The van der Waals surface area contributed by atoms with Crippen LogP contribution in [0.5, 0.6) is 0 Å². The molecule has 4 rings (SSSR count). The summed E-state index contributed by atoms with van der Waals surface area (Å²) in [6.07, 6.45) is 7.69. The first-order valence-electron chi connectivity index (χ1n) is 10.1. The van der Waals surface area contributed by atoms with Gasteiger partial charge in [0.25, 0.3) is 0 Å². The molecule has 1 aliphatic heterocycles. The first kappa shape index (κ1) is 20.0. The van der Waals surface area contributed by atoms with Gasteiger partial charge in [-0.3, -0.25) is 0 Å². The van der Waals surface area contributed by atoms with Gasteiger partial charge in [0, 0.05) is 26.1 Å². The SMILES string of the molecule is NS(=O)(=O)c1ccc(CN=C(NCCc2ccco2)N2CCC3(CCC3)C2)cc1. The lowest BCUT2D eigenvalue weighted by atomic mass is 9.68. The van der Waals surface area contributed by atoms with Crippen LogP contribution in [-0.4, -0.2) is 38.9 Å². The van der Waals surface area contributed by atoms with E-state index in [4.69, 9.17) is 14.5 Å². The molecule has 2 fully saturated rings. The minimum atomic E-state index is -3.67. The molecule has 2 aliphatic rings. The third-order valence-corrected chi connectivity index (χ3v) is 6.98. The van der Waals surface area contributed by atoms with Crippen molar-refractivity contribution in [2.24, 2.45) is 15.5 Å². The van der Waals surface area contributed by atoms with E-state index in [1.807, 2.05) is 12.1 Å². The number of nitrogens with zero attached hydrogens (tertiary/aromatic N) is 2. The average molecular weight is 417 g/mol. The Hall–Kier alpha value is -2.32. The number of likely N-dealkylation sites (tertiary alicyclic amines) is 1. The van der Waals surface area contributed by atoms with E-state index >= 15 is 0 Å². The molecule has 8 heteroatoms. The minimum Gasteiger partial charge on any atom is -0.469 e. The minimum absolute atomic E-state index is 0.119. The lowest BCUT2D eigenvalue weighted by Crippen LogP contribution is -2.43. The third-order valence-electron chi connectivity index (χ3n) is 6.05. The summed E-state index contributed by atoms with van der Waals surface area (Å²) < 4.78 is 28.3. The molecule has 2 heterocycles. The van der Waals surface area contributed by atoms with Crippen molar-refractivity contribution >= 4 is 16.0 Å². The molecule has 2 aromatic rings. The molecule has 3 N–H and O–H groups in total. The molecule has 1 aromatic heterocycles. The summed E-state index contributed by atoms with van der Waals surface area (Å²) in [4.78, 5) is 7.31. The normalized spacial score (nSPS) is 18.8. The summed E-state index contributed by atoms with van der Waals surface area (Å²) in [5.74, 6) is 1.86. The van der Waals surface area contributed by atoms with Crippen LogP contribution in [0.4, 0.5) is 0 Å². The number of sulfonamides is 1. The molecule has 1 saturated heterocycles. The molecular formula is C21H28N4O3S. The van der Waals surface area contributed by atoms with Gasteiger partial charge >= 0.3 is 0 Å². The van der Waals surface area contributed by atoms with Crippen LogP contribution in [0.3, 0.4) is 0 Å². The maximum Gasteiger partial charge on any atom is 0.238 e. The highest BCUT2D eigenvalue weighted by Gasteiger charge is 2.43. The van der Waals surface area contributed by atoms with Crippen LogP contribution in [0.2, 0.25) is 0 Å². The summed E-state index contributed by atoms with van der Waals surface area (Å²) in [7, 11) is -3.67. The van der Waals surface area contributed by atoms with Crippen LogP contribution in [-0.2, 0) is 23.0 Å². The number of furan rings is 1. The second kappa shape index (κ2) is 8.20. The van der Waals surface area contributed by atoms with Crippen LogP contribution < -0.4 is 10.5 Å². The van der Waals surface area contributed by atoms with Crippen molar-refractivity contribution in [2.75, 3.05) is 19.6 Å². The Morgan fingerprint density at radius 3 is 2.59 bits per heavy atom. The van der Waals surface area contributed by atoms with E-state index in [0.29, 0.717) is 12.0 Å². The van der Waals surface area contributed by atoms with Crippen molar-refractivity contribution in [2.45, 2.75) is 43.5 Å². The number of nitrogens with two attached hydrogens (primary N) is 1. The maximum atomic E-state index is 11.4. The zero-order valence-corrected chi connectivity index (χ0v) is 17.3. The van der Waals surface area contributed by atoms with E-state index in [1.54, 1.807) is 18.4 Å². The maximum absolute atomic E-state index is 11.4. The van der Waals surface area contributed by atoms with Gasteiger partial charge in [-0.25, -0.2) is 18.5 Å². The summed E-state index contributed by atoms with van der Waals surface area (Å²) in [6, 6.07) is 10.5. The number of primary sulfonamides is 1. The van der Waals surface area contributed by atoms with E-state index in [1.165, 1.54) is 37.8 Å². The van der Waals surface area contributed by atoms with Crippen LogP contribution in [0, 0.1) is 5.41 Å². The number of hydrogen-bond donors (Lipinski definition) is 2. The molecule has 7 nitrogen and oxygen atoms in total. The summed E-state index contributed by atoms with van der Waals surface area (Å²) in [5.41, 5.74) is 1.43. The highest BCUT2D eigenvalue weighted by molar-refractivity contribution is 7.89. The first-order valence-corrected chi connectivity index (χ1v) is 11.7. The van der Waals surface area contributed by atoms with Crippen LogP contribution >= 0.6 is 0 Å². The highest BCUT2D eigenvalue weighted by atomic mass is 32.2. The molecule has 1 saturated carbocycles. The number of guanidine groups is 1. The predicted octanol–water partition coefficient (Wildman–Crippen LogP) is 2.49. The zero-order valence-electron chi connectivity index (χ0n) is 16.5. The van der Waals surface area contributed by atoms with Gasteiger partial charge in [-0.2, -0.15) is 0 Å². The molecule has 0 bridgehead atoms. The fraction of sp³-hybridized carbons (Fsp3) is 0.476. The van der Waals surface area contributed by atoms with Gasteiger partial charge < -0.3 is 14.6 Å². The molecule has 1 aromatic carbocycles. The largest absolute Gasteiger partial charge is 0.469 e. The van der Waals surface area contributed by atoms with Gasteiger partial charge in [-0.15, -0.1) is 0 Å². The van der Waals surface area contributed by atoms with Crippen LogP contribution in [0.25, 0.3) is 0 Å². The molecule has 156 valence electrons. The number of benzene rings is 1. The number of aliphatic imine (C=N–C) groups is 1. The van der Waals surface area contributed by atoms with Crippen LogP contribution in [0.15, 0.2) is 57.0 Å². The zero-order chi connectivity index (χ0) is 20.3. The summed E-state index contributed by atoms with van der Waals surface area (Å²) in [6.45, 7) is 3.32.